The highest BCUT2D eigenvalue weighted by Crippen LogP contribution is 2.33. The predicted octanol–water partition coefficient (Wildman–Crippen LogP) is 4.68. The van der Waals surface area contributed by atoms with E-state index in [0.717, 1.165) is 21.1 Å². The first kappa shape index (κ1) is 12.9. The molecule has 2 N–H and O–H groups in total. The number of nitrogens with two attached hydrogens (primary N) is 1. The van der Waals surface area contributed by atoms with E-state index in [-0.39, 0.29) is 0 Å². The van der Waals surface area contributed by atoms with Crippen molar-refractivity contribution < 1.29 is 4.74 Å². The molecule has 1 heterocycles. The molecule has 20 heavy (non-hydrogen) atoms. The van der Waals surface area contributed by atoms with Crippen LogP contribution < -0.4 is 10.5 Å². The standard InChI is InChI=1S/C16H13BrN2O/c1-10-5-6-11-3-2-4-15(16(11)19-10)20-14-8-7-12(17)9-13(14)18/h2-9H,18H2,1H3. The van der Waals surface area contributed by atoms with Crippen LogP contribution in [0.25, 0.3) is 10.9 Å². The zero-order chi connectivity index (χ0) is 14.1. The van der Waals surface area contributed by atoms with E-state index in [2.05, 4.69) is 20.9 Å². The number of halogens is 1. The molecule has 100 valence electrons. The number of aryl methyl sites for hydroxylation is 1. The van der Waals surface area contributed by atoms with Crippen molar-refractivity contribution in [3.63, 3.8) is 0 Å². The second-order valence-corrected chi connectivity index (χ2v) is 5.48. The molecule has 0 saturated carbocycles. The molecule has 0 spiro atoms. The Morgan fingerprint density at radius 2 is 1.90 bits per heavy atom. The van der Waals surface area contributed by atoms with Gasteiger partial charge in [0.15, 0.2) is 5.75 Å². The summed E-state index contributed by atoms with van der Waals surface area (Å²) >= 11 is 3.38. The fraction of sp³-hybridized carbons (Fsp3) is 0.0625. The quantitative estimate of drug-likeness (QED) is 0.695. The van der Waals surface area contributed by atoms with Gasteiger partial charge in [-0.1, -0.05) is 34.1 Å². The smallest absolute Gasteiger partial charge is 0.153 e. The molecule has 1 aromatic heterocycles. The maximum Gasteiger partial charge on any atom is 0.153 e. The van der Waals surface area contributed by atoms with Crippen molar-refractivity contribution in [1.82, 2.24) is 4.98 Å². The van der Waals surface area contributed by atoms with Crippen LogP contribution in [0.15, 0.2) is 53.0 Å². The number of rotatable bonds is 2. The Morgan fingerprint density at radius 1 is 1.05 bits per heavy atom. The second kappa shape index (κ2) is 5.13. The molecule has 0 fully saturated rings. The zero-order valence-corrected chi connectivity index (χ0v) is 12.5. The summed E-state index contributed by atoms with van der Waals surface area (Å²) in [5.41, 5.74) is 8.35. The Balaban J connectivity index is 2.08. The van der Waals surface area contributed by atoms with Gasteiger partial charge in [0.1, 0.15) is 11.3 Å². The topological polar surface area (TPSA) is 48.1 Å². The highest BCUT2D eigenvalue weighted by Gasteiger charge is 2.07. The summed E-state index contributed by atoms with van der Waals surface area (Å²) in [6.45, 7) is 1.96. The number of anilines is 1. The number of para-hydroxylation sites is 1. The number of pyridine rings is 1. The average Bonchev–Trinajstić information content (AvgIpc) is 2.42. The molecule has 0 atom stereocenters. The van der Waals surface area contributed by atoms with Crippen molar-refractivity contribution in [3.05, 3.63) is 58.7 Å². The van der Waals surface area contributed by atoms with Gasteiger partial charge in [-0.25, -0.2) is 4.98 Å². The fourth-order valence-corrected chi connectivity index (χ4v) is 2.41. The van der Waals surface area contributed by atoms with Crippen LogP contribution in [0, 0.1) is 6.92 Å². The van der Waals surface area contributed by atoms with Crippen LogP contribution >= 0.6 is 15.9 Å². The molecular weight excluding hydrogens is 316 g/mol. The van der Waals surface area contributed by atoms with Crippen LogP contribution in [0.5, 0.6) is 11.5 Å². The minimum Gasteiger partial charge on any atom is -0.453 e. The largest absolute Gasteiger partial charge is 0.453 e. The zero-order valence-electron chi connectivity index (χ0n) is 10.9. The minimum absolute atomic E-state index is 0.587. The van der Waals surface area contributed by atoms with Crippen LogP contribution in [0.1, 0.15) is 5.69 Å². The van der Waals surface area contributed by atoms with E-state index in [4.69, 9.17) is 10.5 Å². The number of fused-ring (bicyclic) bond motifs is 1. The van der Waals surface area contributed by atoms with E-state index in [1.165, 1.54) is 0 Å². The van der Waals surface area contributed by atoms with Gasteiger partial charge in [0.2, 0.25) is 0 Å². The third kappa shape index (κ3) is 2.47. The first-order valence-corrected chi connectivity index (χ1v) is 7.02. The SMILES string of the molecule is Cc1ccc2cccc(Oc3ccc(Br)cc3N)c2n1. The monoisotopic (exact) mass is 328 g/mol. The molecule has 0 bridgehead atoms. The highest BCUT2D eigenvalue weighted by molar-refractivity contribution is 9.10. The van der Waals surface area contributed by atoms with Gasteiger partial charge in [-0.15, -0.1) is 0 Å². The summed E-state index contributed by atoms with van der Waals surface area (Å²) in [5, 5.41) is 1.05. The van der Waals surface area contributed by atoms with Gasteiger partial charge in [0.25, 0.3) is 0 Å². The second-order valence-electron chi connectivity index (χ2n) is 4.56. The molecule has 3 rings (SSSR count). The molecule has 0 aliphatic heterocycles. The van der Waals surface area contributed by atoms with E-state index in [0.29, 0.717) is 17.2 Å². The number of ether oxygens (including phenoxy) is 1. The lowest BCUT2D eigenvalue weighted by atomic mass is 10.2. The molecule has 0 amide bonds. The van der Waals surface area contributed by atoms with Crippen molar-refractivity contribution in [3.8, 4) is 11.5 Å². The summed E-state index contributed by atoms with van der Waals surface area (Å²) in [5.74, 6) is 1.34. The molecule has 0 unspecified atom stereocenters. The predicted molar refractivity (Wildman–Crippen MR) is 85.1 cm³/mol. The van der Waals surface area contributed by atoms with Gasteiger partial charge < -0.3 is 10.5 Å². The van der Waals surface area contributed by atoms with E-state index < -0.39 is 0 Å². The molecule has 0 aliphatic carbocycles. The van der Waals surface area contributed by atoms with E-state index in [9.17, 15) is 0 Å². The Labute approximate surface area is 125 Å². The third-order valence-electron chi connectivity index (χ3n) is 3.01. The number of nitrogens with zero attached hydrogens (tertiary/aromatic N) is 1. The molecule has 4 heteroatoms. The fourth-order valence-electron chi connectivity index (χ4n) is 2.03. The number of nitrogen functional groups attached to an aromatic ring is 1. The molecule has 2 aromatic carbocycles. The number of benzene rings is 2. The van der Waals surface area contributed by atoms with E-state index in [1.807, 2.05) is 55.5 Å². The van der Waals surface area contributed by atoms with Gasteiger partial charge in [-0.2, -0.15) is 0 Å². The van der Waals surface area contributed by atoms with Gasteiger partial charge >= 0.3 is 0 Å². The third-order valence-corrected chi connectivity index (χ3v) is 3.51. The molecular formula is C16H13BrN2O. The Kier molecular flexibility index (Phi) is 3.32. The van der Waals surface area contributed by atoms with Gasteiger partial charge in [0.05, 0.1) is 5.69 Å². The van der Waals surface area contributed by atoms with Crippen LogP contribution in [-0.2, 0) is 0 Å². The first-order chi connectivity index (χ1) is 9.63. The lowest BCUT2D eigenvalue weighted by molar-refractivity contribution is 0.489. The summed E-state index contributed by atoms with van der Waals surface area (Å²) in [4.78, 5) is 4.54. The molecule has 3 nitrogen and oxygen atoms in total. The van der Waals surface area contributed by atoms with Crippen LogP contribution in [0.2, 0.25) is 0 Å². The number of hydrogen-bond donors (Lipinski definition) is 1. The Bertz CT molecular complexity index is 787. The lowest BCUT2D eigenvalue weighted by Crippen LogP contribution is -1.94. The highest BCUT2D eigenvalue weighted by atomic mass is 79.9. The maximum atomic E-state index is 5.97. The molecule has 3 aromatic rings. The Hall–Kier alpha value is -2.07. The van der Waals surface area contributed by atoms with Crippen LogP contribution in [-0.4, -0.2) is 4.98 Å². The van der Waals surface area contributed by atoms with Crippen molar-refractivity contribution in [1.29, 1.82) is 0 Å². The molecule has 0 radical (unpaired) electrons. The molecule has 0 saturated heterocycles. The van der Waals surface area contributed by atoms with Crippen molar-refractivity contribution in [2.24, 2.45) is 0 Å². The van der Waals surface area contributed by atoms with Gasteiger partial charge in [-0.05, 0) is 37.3 Å². The average molecular weight is 329 g/mol. The van der Waals surface area contributed by atoms with Gasteiger partial charge in [0, 0.05) is 15.6 Å². The lowest BCUT2D eigenvalue weighted by Gasteiger charge is -2.11. The summed E-state index contributed by atoms with van der Waals surface area (Å²) < 4.78 is 6.85. The van der Waals surface area contributed by atoms with Crippen LogP contribution in [0.3, 0.4) is 0 Å². The van der Waals surface area contributed by atoms with Crippen LogP contribution in [0.4, 0.5) is 5.69 Å². The minimum atomic E-state index is 0.587. The van der Waals surface area contributed by atoms with Gasteiger partial charge in [-0.3, -0.25) is 0 Å². The summed E-state index contributed by atoms with van der Waals surface area (Å²) in [6.07, 6.45) is 0. The van der Waals surface area contributed by atoms with Crippen molar-refractivity contribution in [2.75, 3.05) is 5.73 Å². The number of aromatic nitrogens is 1. The summed E-state index contributed by atoms with van der Waals surface area (Å²) in [6, 6.07) is 15.4. The Morgan fingerprint density at radius 3 is 2.70 bits per heavy atom. The number of hydrogen-bond acceptors (Lipinski definition) is 3. The summed E-state index contributed by atoms with van der Waals surface area (Å²) in [7, 11) is 0. The normalized spacial score (nSPS) is 10.7. The maximum absolute atomic E-state index is 5.97. The van der Waals surface area contributed by atoms with Crippen molar-refractivity contribution in [2.45, 2.75) is 6.92 Å². The molecule has 0 aliphatic rings. The van der Waals surface area contributed by atoms with E-state index >= 15 is 0 Å². The van der Waals surface area contributed by atoms with Crippen molar-refractivity contribution >= 4 is 32.5 Å². The first-order valence-electron chi connectivity index (χ1n) is 6.23. The van der Waals surface area contributed by atoms with E-state index in [1.54, 1.807) is 0 Å².